The second-order valence-corrected chi connectivity index (χ2v) is 4.62. The standard InChI is InChI=1S/C13H17F3N2/c1-2-8-6-9-11(17)4-3-5-18-12(9)7-10(8)13(14,15)16/h6-7,11,18H,2-5,17H2,1H3/t11-/m0/s1. The first-order valence-corrected chi connectivity index (χ1v) is 6.17. The molecule has 0 radical (unpaired) electrons. The van der Waals surface area contributed by atoms with Crippen LogP contribution in [-0.4, -0.2) is 6.54 Å². The van der Waals surface area contributed by atoms with Gasteiger partial charge in [-0.05, 0) is 36.5 Å². The third-order valence-electron chi connectivity index (χ3n) is 3.37. The molecule has 0 unspecified atom stereocenters. The van der Waals surface area contributed by atoms with Crippen molar-refractivity contribution in [3.8, 4) is 0 Å². The van der Waals surface area contributed by atoms with Crippen LogP contribution in [-0.2, 0) is 12.6 Å². The van der Waals surface area contributed by atoms with Crippen LogP contribution >= 0.6 is 0 Å². The van der Waals surface area contributed by atoms with Gasteiger partial charge in [0.25, 0.3) is 0 Å². The smallest absolute Gasteiger partial charge is 0.385 e. The van der Waals surface area contributed by atoms with E-state index in [1.807, 2.05) is 0 Å². The van der Waals surface area contributed by atoms with Gasteiger partial charge in [-0.3, -0.25) is 0 Å². The van der Waals surface area contributed by atoms with Crippen LogP contribution in [0.5, 0.6) is 0 Å². The van der Waals surface area contributed by atoms with Crippen LogP contribution in [0.4, 0.5) is 18.9 Å². The molecule has 2 nitrogen and oxygen atoms in total. The Kier molecular flexibility index (Phi) is 3.52. The first-order chi connectivity index (χ1) is 8.43. The van der Waals surface area contributed by atoms with Crippen LogP contribution in [0.1, 0.15) is 42.5 Å². The van der Waals surface area contributed by atoms with Crippen LogP contribution in [0, 0.1) is 0 Å². The van der Waals surface area contributed by atoms with Crippen molar-refractivity contribution in [1.82, 2.24) is 0 Å². The lowest BCUT2D eigenvalue weighted by molar-refractivity contribution is -0.138. The molecule has 3 N–H and O–H groups in total. The Labute approximate surface area is 104 Å². The fourth-order valence-electron chi connectivity index (χ4n) is 2.38. The average molecular weight is 258 g/mol. The Morgan fingerprint density at radius 2 is 2.11 bits per heavy atom. The zero-order chi connectivity index (χ0) is 13.3. The van der Waals surface area contributed by atoms with E-state index in [0.29, 0.717) is 24.2 Å². The molecule has 0 aromatic heterocycles. The minimum atomic E-state index is -4.31. The van der Waals surface area contributed by atoms with E-state index in [4.69, 9.17) is 5.73 Å². The van der Waals surface area contributed by atoms with E-state index in [0.717, 1.165) is 18.4 Å². The number of rotatable bonds is 1. The Morgan fingerprint density at radius 3 is 2.72 bits per heavy atom. The number of benzene rings is 1. The summed E-state index contributed by atoms with van der Waals surface area (Å²) in [6, 6.07) is 2.64. The molecule has 18 heavy (non-hydrogen) atoms. The number of alkyl halides is 3. The van der Waals surface area contributed by atoms with Crippen LogP contribution in [0.3, 0.4) is 0 Å². The van der Waals surface area contributed by atoms with Gasteiger partial charge in [0.1, 0.15) is 0 Å². The predicted octanol–water partition coefficient (Wildman–Crippen LogP) is 3.47. The third-order valence-corrected chi connectivity index (χ3v) is 3.37. The van der Waals surface area contributed by atoms with Crippen LogP contribution < -0.4 is 11.1 Å². The minimum absolute atomic E-state index is 0.178. The van der Waals surface area contributed by atoms with E-state index in [2.05, 4.69) is 5.32 Å². The van der Waals surface area contributed by atoms with Crippen LogP contribution in [0.15, 0.2) is 12.1 Å². The number of halogens is 3. The van der Waals surface area contributed by atoms with Crippen molar-refractivity contribution in [3.05, 3.63) is 28.8 Å². The lowest BCUT2D eigenvalue weighted by atomic mass is 9.95. The minimum Gasteiger partial charge on any atom is -0.385 e. The summed E-state index contributed by atoms with van der Waals surface area (Å²) < 4.78 is 38.8. The number of hydrogen-bond acceptors (Lipinski definition) is 2. The lowest BCUT2D eigenvalue weighted by Gasteiger charge is -2.19. The number of nitrogens with two attached hydrogens (primary N) is 1. The molecule has 5 heteroatoms. The Hall–Kier alpha value is -1.23. The molecule has 0 amide bonds. The van der Waals surface area contributed by atoms with Gasteiger partial charge in [-0.15, -0.1) is 0 Å². The second-order valence-electron chi connectivity index (χ2n) is 4.62. The summed E-state index contributed by atoms with van der Waals surface area (Å²) in [7, 11) is 0. The summed E-state index contributed by atoms with van der Waals surface area (Å²) in [6.07, 6.45) is -2.28. The zero-order valence-corrected chi connectivity index (χ0v) is 10.3. The molecule has 1 aromatic carbocycles. The van der Waals surface area contributed by atoms with Crippen molar-refractivity contribution in [2.75, 3.05) is 11.9 Å². The third kappa shape index (κ3) is 2.46. The summed E-state index contributed by atoms with van der Waals surface area (Å²) >= 11 is 0. The molecule has 1 heterocycles. The van der Waals surface area contributed by atoms with Crippen molar-refractivity contribution in [3.63, 3.8) is 0 Å². The molecule has 1 aliphatic rings. The molecule has 0 saturated heterocycles. The predicted molar refractivity (Wildman–Crippen MR) is 65.5 cm³/mol. The molecule has 100 valence electrons. The van der Waals surface area contributed by atoms with Gasteiger partial charge >= 0.3 is 6.18 Å². The van der Waals surface area contributed by atoms with E-state index in [1.165, 1.54) is 6.07 Å². The highest BCUT2D eigenvalue weighted by molar-refractivity contribution is 5.58. The summed E-state index contributed by atoms with van der Waals surface area (Å²) in [5.41, 5.74) is 7.11. The first kappa shape index (κ1) is 13.2. The molecular weight excluding hydrogens is 241 g/mol. The van der Waals surface area contributed by atoms with Gasteiger partial charge < -0.3 is 11.1 Å². The zero-order valence-electron chi connectivity index (χ0n) is 10.3. The maximum Gasteiger partial charge on any atom is 0.416 e. The molecule has 2 rings (SSSR count). The Balaban J connectivity index is 2.55. The number of fused-ring (bicyclic) bond motifs is 1. The summed E-state index contributed by atoms with van der Waals surface area (Å²) in [4.78, 5) is 0. The van der Waals surface area contributed by atoms with Gasteiger partial charge in [-0.1, -0.05) is 13.0 Å². The monoisotopic (exact) mass is 258 g/mol. The maximum atomic E-state index is 12.9. The van der Waals surface area contributed by atoms with Crippen LogP contribution in [0.2, 0.25) is 0 Å². The van der Waals surface area contributed by atoms with Gasteiger partial charge in [-0.25, -0.2) is 0 Å². The lowest BCUT2D eigenvalue weighted by Crippen LogP contribution is -2.14. The van der Waals surface area contributed by atoms with Gasteiger partial charge in [0, 0.05) is 18.3 Å². The number of aryl methyl sites for hydroxylation is 1. The van der Waals surface area contributed by atoms with E-state index in [9.17, 15) is 13.2 Å². The fourth-order valence-corrected chi connectivity index (χ4v) is 2.38. The van der Waals surface area contributed by atoms with Crippen molar-refractivity contribution >= 4 is 5.69 Å². The number of hydrogen-bond donors (Lipinski definition) is 2. The molecule has 1 atom stereocenters. The highest BCUT2D eigenvalue weighted by Gasteiger charge is 2.34. The van der Waals surface area contributed by atoms with Crippen molar-refractivity contribution in [2.24, 2.45) is 5.73 Å². The SMILES string of the molecule is CCc1cc2c(cc1C(F)(F)F)NCCC[C@@H]2N. The average Bonchev–Trinajstić information content (AvgIpc) is 2.49. The number of nitrogens with one attached hydrogen (secondary N) is 1. The molecule has 1 aliphatic heterocycles. The molecule has 0 bridgehead atoms. The normalized spacial score (nSPS) is 19.9. The molecule has 0 spiro atoms. The van der Waals surface area contributed by atoms with E-state index < -0.39 is 11.7 Å². The first-order valence-electron chi connectivity index (χ1n) is 6.17. The van der Waals surface area contributed by atoms with E-state index in [-0.39, 0.29) is 6.04 Å². The van der Waals surface area contributed by atoms with Crippen LogP contribution in [0.25, 0.3) is 0 Å². The molecular formula is C13H17F3N2. The fraction of sp³-hybridized carbons (Fsp3) is 0.538. The van der Waals surface area contributed by atoms with Gasteiger partial charge in [0.05, 0.1) is 5.56 Å². The van der Waals surface area contributed by atoms with Gasteiger partial charge in [0.15, 0.2) is 0 Å². The van der Waals surface area contributed by atoms with Gasteiger partial charge in [0.2, 0.25) is 0 Å². The molecule has 1 aromatic rings. The summed E-state index contributed by atoms with van der Waals surface area (Å²) in [5, 5.41) is 3.04. The molecule has 0 fully saturated rings. The molecule has 0 aliphatic carbocycles. The summed E-state index contributed by atoms with van der Waals surface area (Å²) in [6.45, 7) is 2.40. The Bertz CT molecular complexity index is 441. The summed E-state index contributed by atoms with van der Waals surface area (Å²) in [5.74, 6) is 0. The Morgan fingerprint density at radius 1 is 1.39 bits per heavy atom. The van der Waals surface area contributed by atoms with E-state index in [1.54, 1.807) is 13.0 Å². The maximum absolute atomic E-state index is 12.9. The van der Waals surface area contributed by atoms with Gasteiger partial charge in [-0.2, -0.15) is 13.2 Å². The van der Waals surface area contributed by atoms with Crippen molar-refractivity contribution in [2.45, 2.75) is 38.4 Å². The highest BCUT2D eigenvalue weighted by atomic mass is 19.4. The number of anilines is 1. The quantitative estimate of drug-likeness (QED) is 0.809. The molecule has 0 saturated carbocycles. The largest absolute Gasteiger partial charge is 0.416 e. The van der Waals surface area contributed by atoms with Crippen molar-refractivity contribution in [1.29, 1.82) is 0 Å². The topological polar surface area (TPSA) is 38.0 Å². The highest BCUT2D eigenvalue weighted by Crippen LogP contribution is 2.38. The second kappa shape index (κ2) is 4.80. The van der Waals surface area contributed by atoms with E-state index >= 15 is 0 Å². The van der Waals surface area contributed by atoms with Crippen molar-refractivity contribution < 1.29 is 13.2 Å².